The van der Waals surface area contributed by atoms with Crippen molar-refractivity contribution in [2.45, 2.75) is 50.1 Å². The van der Waals surface area contributed by atoms with E-state index in [0.29, 0.717) is 5.37 Å². The van der Waals surface area contributed by atoms with E-state index in [1.807, 2.05) is 11.8 Å². The van der Waals surface area contributed by atoms with Gasteiger partial charge in [0.25, 0.3) is 0 Å². The predicted octanol–water partition coefficient (Wildman–Crippen LogP) is 1.86. The molecule has 3 rings (SSSR count). The molecule has 3 aliphatic rings. The van der Waals surface area contributed by atoms with E-state index in [9.17, 15) is 0 Å². The summed E-state index contributed by atoms with van der Waals surface area (Å²) in [6.45, 7) is 2.22. The van der Waals surface area contributed by atoms with Crippen LogP contribution in [0.2, 0.25) is 0 Å². The molecular weight excluding hydrogens is 206 g/mol. The van der Waals surface area contributed by atoms with Gasteiger partial charge >= 0.3 is 0 Å². The number of nitrogens with zero attached hydrogens (tertiary/aromatic N) is 2. The van der Waals surface area contributed by atoms with E-state index in [1.165, 1.54) is 30.7 Å². The minimum atomic E-state index is 0.532. The summed E-state index contributed by atoms with van der Waals surface area (Å²) in [4.78, 5) is 0. The fourth-order valence-electron chi connectivity index (χ4n) is 2.20. The summed E-state index contributed by atoms with van der Waals surface area (Å²) in [7, 11) is 2.07. The molecule has 3 atom stereocenters. The van der Waals surface area contributed by atoms with E-state index >= 15 is 0 Å². The van der Waals surface area contributed by atoms with Gasteiger partial charge in [0.2, 0.25) is 0 Å². The Labute approximate surface area is 95.7 Å². The molecule has 0 spiro atoms. The zero-order chi connectivity index (χ0) is 10.4. The van der Waals surface area contributed by atoms with Gasteiger partial charge in [-0.15, -0.1) is 0 Å². The highest BCUT2D eigenvalue weighted by molar-refractivity contribution is 8.14. The maximum atomic E-state index is 4.61. The van der Waals surface area contributed by atoms with Crippen molar-refractivity contribution < 1.29 is 0 Å². The lowest BCUT2D eigenvalue weighted by Gasteiger charge is -2.26. The second kappa shape index (κ2) is 3.67. The average molecular weight is 225 g/mol. The van der Waals surface area contributed by atoms with Crippen molar-refractivity contribution in [2.75, 3.05) is 7.05 Å². The Balaban J connectivity index is 1.51. The first-order valence-corrected chi connectivity index (χ1v) is 6.86. The smallest absolute Gasteiger partial charge is 0.100 e. The normalized spacial score (nSPS) is 40.3. The van der Waals surface area contributed by atoms with Gasteiger partial charge in [-0.05, 0) is 26.2 Å². The third kappa shape index (κ3) is 1.89. The molecule has 2 aliphatic carbocycles. The van der Waals surface area contributed by atoms with E-state index in [0.717, 1.165) is 18.0 Å². The molecule has 84 valence electrons. The highest BCUT2D eigenvalue weighted by Gasteiger charge is 2.45. The Kier molecular flexibility index (Phi) is 2.44. The largest absolute Gasteiger partial charge is 0.311 e. The summed E-state index contributed by atoms with van der Waals surface area (Å²) in [6, 6.07) is 1.56. The van der Waals surface area contributed by atoms with E-state index in [1.54, 1.807) is 0 Å². The fourth-order valence-corrected chi connectivity index (χ4v) is 3.36. The molecule has 15 heavy (non-hydrogen) atoms. The molecule has 3 unspecified atom stereocenters. The topological polar surface area (TPSA) is 27.6 Å². The van der Waals surface area contributed by atoms with Crippen LogP contribution in [0.3, 0.4) is 0 Å². The van der Waals surface area contributed by atoms with Crippen LogP contribution in [-0.2, 0) is 0 Å². The van der Waals surface area contributed by atoms with E-state index in [2.05, 4.69) is 29.4 Å². The van der Waals surface area contributed by atoms with E-state index < -0.39 is 0 Å². The number of nitrogens with one attached hydrogen (secondary N) is 1. The summed E-state index contributed by atoms with van der Waals surface area (Å²) >= 11 is 1.94. The van der Waals surface area contributed by atoms with Crippen LogP contribution < -0.4 is 5.32 Å². The Hall–Kier alpha value is -0.220. The number of hydrogen-bond donors (Lipinski definition) is 1. The first kappa shape index (κ1) is 9.97. The first-order chi connectivity index (χ1) is 7.24. The van der Waals surface area contributed by atoms with Crippen LogP contribution >= 0.6 is 11.8 Å². The van der Waals surface area contributed by atoms with Crippen LogP contribution in [0.25, 0.3) is 0 Å². The van der Waals surface area contributed by atoms with Crippen molar-refractivity contribution >= 4 is 16.8 Å². The lowest BCUT2D eigenvalue weighted by molar-refractivity contribution is 0.334. The van der Waals surface area contributed by atoms with Crippen LogP contribution in [0.1, 0.15) is 32.6 Å². The Bertz CT molecular complexity index is 288. The highest BCUT2D eigenvalue weighted by atomic mass is 32.2. The Morgan fingerprint density at radius 3 is 2.80 bits per heavy atom. The van der Waals surface area contributed by atoms with E-state index in [-0.39, 0.29) is 0 Å². The van der Waals surface area contributed by atoms with Crippen molar-refractivity contribution in [1.82, 2.24) is 10.3 Å². The van der Waals surface area contributed by atoms with Gasteiger partial charge in [-0.2, -0.15) is 5.10 Å². The van der Waals surface area contributed by atoms with Crippen molar-refractivity contribution in [1.29, 1.82) is 0 Å². The third-order valence-electron chi connectivity index (χ3n) is 3.74. The van der Waals surface area contributed by atoms with Crippen LogP contribution in [-0.4, -0.2) is 34.6 Å². The van der Waals surface area contributed by atoms with Crippen molar-refractivity contribution in [2.24, 2.45) is 11.0 Å². The number of rotatable bonds is 3. The second-order valence-corrected chi connectivity index (χ2v) is 6.31. The van der Waals surface area contributed by atoms with Crippen molar-refractivity contribution in [3.8, 4) is 0 Å². The third-order valence-corrected chi connectivity index (χ3v) is 5.01. The lowest BCUT2D eigenvalue weighted by atomic mass is 9.93. The summed E-state index contributed by atoms with van der Waals surface area (Å²) in [5.41, 5.74) is 0. The molecule has 0 bridgehead atoms. The van der Waals surface area contributed by atoms with Crippen molar-refractivity contribution in [3.63, 3.8) is 0 Å². The van der Waals surface area contributed by atoms with Gasteiger partial charge in [0.05, 0.1) is 5.37 Å². The summed E-state index contributed by atoms with van der Waals surface area (Å²) in [5, 5.41) is 12.3. The number of hydrazone groups is 1. The van der Waals surface area contributed by atoms with Gasteiger partial charge in [0, 0.05) is 25.0 Å². The van der Waals surface area contributed by atoms with Gasteiger partial charge in [0.1, 0.15) is 5.04 Å². The summed E-state index contributed by atoms with van der Waals surface area (Å²) < 4.78 is 0. The zero-order valence-electron chi connectivity index (χ0n) is 9.44. The molecule has 2 fully saturated rings. The SMILES string of the molecule is CC1SC(C2CC2NC2CCC2)=NN1C. The molecular formula is C11H19N3S. The number of hydrogen-bond acceptors (Lipinski definition) is 4. The predicted molar refractivity (Wildman–Crippen MR) is 64.9 cm³/mol. The van der Waals surface area contributed by atoms with Crippen molar-refractivity contribution in [3.05, 3.63) is 0 Å². The molecule has 0 aromatic carbocycles. The van der Waals surface area contributed by atoms with Gasteiger partial charge in [0.15, 0.2) is 0 Å². The number of thioether (sulfide) groups is 1. The maximum Gasteiger partial charge on any atom is 0.100 e. The molecule has 1 N–H and O–H groups in total. The second-order valence-electron chi connectivity index (χ2n) is 4.97. The Morgan fingerprint density at radius 2 is 2.27 bits per heavy atom. The monoisotopic (exact) mass is 225 g/mol. The molecule has 0 aromatic heterocycles. The minimum absolute atomic E-state index is 0.532. The van der Waals surface area contributed by atoms with Gasteiger partial charge in [-0.25, -0.2) is 0 Å². The Morgan fingerprint density at radius 1 is 1.47 bits per heavy atom. The summed E-state index contributed by atoms with van der Waals surface area (Å²) in [6.07, 6.45) is 5.51. The first-order valence-electron chi connectivity index (χ1n) is 5.98. The molecule has 4 heteroatoms. The van der Waals surface area contributed by atoms with Gasteiger partial charge in [-0.3, -0.25) is 5.01 Å². The summed E-state index contributed by atoms with van der Waals surface area (Å²) in [5.74, 6) is 0.725. The molecule has 1 aliphatic heterocycles. The zero-order valence-corrected chi connectivity index (χ0v) is 10.3. The minimum Gasteiger partial charge on any atom is -0.311 e. The van der Waals surface area contributed by atoms with Gasteiger partial charge in [-0.1, -0.05) is 18.2 Å². The standard InChI is InChI=1S/C11H19N3S/c1-7-14(2)13-11(15-7)9-6-10(9)12-8-4-3-5-8/h7-10,12H,3-6H2,1-2H3. The molecule has 1 heterocycles. The molecule has 0 radical (unpaired) electrons. The lowest BCUT2D eigenvalue weighted by Crippen LogP contribution is -2.37. The molecule has 0 aromatic rings. The quantitative estimate of drug-likeness (QED) is 0.794. The highest BCUT2D eigenvalue weighted by Crippen LogP contribution is 2.41. The molecule has 3 nitrogen and oxygen atoms in total. The maximum absolute atomic E-state index is 4.61. The molecule has 0 saturated heterocycles. The molecule has 2 saturated carbocycles. The fraction of sp³-hybridized carbons (Fsp3) is 0.909. The average Bonchev–Trinajstić information content (AvgIpc) is 2.82. The van der Waals surface area contributed by atoms with Crippen LogP contribution in [0, 0.1) is 5.92 Å². The van der Waals surface area contributed by atoms with Crippen LogP contribution in [0.5, 0.6) is 0 Å². The van der Waals surface area contributed by atoms with Gasteiger partial charge < -0.3 is 5.32 Å². The van der Waals surface area contributed by atoms with E-state index in [4.69, 9.17) is 0 Å². The molecule has 0 amide bonds. The van der Waals surface area contributed by atoms with Crippen LogP contribution in [0.15, 0.2) is 5.10 Å². The van der Waals surface area contributed by atoms with Crippen LogP contribution in [0.4, 0.5) is 0 Å².